The average molecular weight is 393 g/mol. The van der Waals surface area contributed by atoms with Crippen molar-refractivity contribution in [2.45, 2.75) is 38.6 Å². The molecule has 1 amide bonds. The van der Waals surface area contributed by atoms with E-state index in [1.54, 1.807) is 13.3 Å². The van der Waals surface area contributed by atoms with Crippen molar-refractivity contribution in [2.24, 2.45) is 0 Å². The summed E-state index contributed by atoms with van der Waals surface area (Å²) in [6, 6.07) is 8.04. The third-order valence-corrected chi connectivity index (χ3v) is 5.73. The van der Waals surface area contributed by atoms with Crippen LogP contribution in [0.2, 0.25) is 0 Å². The van der Waals surface area contributed by atoms with E-state index >= 15 is 0 Å². The van der Waals surface area contributed by atoms with Gasteiger partial charge in [-0.3, -0.25) is 9.89 Å². The number of ether oxygens (including phenoxy) is 1. The Hall–Kier alpha value is -3.09. The molecule has 7 nitrogen and oxygen atoms in total. The summed E-state index contributed by atoms with van der Waals surface area (Å²) in [5, 5.41) is 7.50. The molecule has 29 heavy (non-hydrogen) atoms. The van der Waals surface area contributed by atoms with E-state index in [1.807, 2.05) is 40.1 Å². The molecule has 4 rings (SSSR count). The van der Waals surface area contributed by atoms with Crippen molar-refractivity contribution in [3.05, 3.63) is 54.4 Å². The minimum atomic E-state index is 0.161. The summed E-state index contributed by atoms with van der Waals surface area (Å²) in [6.07, 6.45) is 8.21. The zero-order valence-electron chi connectivity index (χ0n) is 17.0. The summed E-state index contributed by atoms with van der Waals surface area (Å²) in [6.45, 7) is 3.94. The van der Waals surface area contributed by atoms with Gasteiger partial charge in [-0.1, -0.05) is 19.1 Å². The van der Waals surface area contributed by atoms with Gasteiger partial charge in [-0.05, 0) is 30.5 Å². The maximum absolute atomic E-state index is 12.7. The van der Waals surface area contributed by atoms with Crippen molar-refractivity contribution in [3.8, 4) is 16.9 Å². The van der Waals surface area contributed by atoms with Crippen molar-refractivity contribution < 1.29 is 9.53 Å². The second kappa shape index (κ2) is 8.51. The highest BCUT2D eigenvalue weighted by molar-refractivity contribution is 5.76. The number of amides is 1. The van der Waals surface area contributed by atoms with Gasteiger partial charge in [0, 0.05) is 49.1 Å². The quantitative estimate of drug-likeness (QED) is 0.697. The van der Waals surface area contributed by atoms with Gasteiger partial charge in [0.05, 0.1) is 13.3 Å². The highest BCUT2D eigenvalue weighted by Crippen LogP contribution is 2.35. The zero-order valence-corrected chi connectivity index (χ0v) is 17.0. The number of hydrogen-bond donors (Lipinski definition) is 1. The smallest absolute Gasteiger partial charge is 0.242 e. The topological polar surface area (TPSA) is 76.0 Å². The Morgan fingerprint density at radius 3 is 2.90 bits per heavy atom. The molecule has 3 heterocycles. The molecule has 1 fully saturated rings. The Labute approximate surface area is 170 Å². The molecule has 1 N–H and O–H groups in total. The lowest BCUT2D eigenvalue weighted by Crippen LogP contribution is -2.40. The van der Waals surface area contributed by atoms with E-state index in [-0.39, 0.29) is 5.91 Å². The molecule has 0 atom stereocenters. The van der Waals surface area contributed by atoms with E-state index in [4.69, 9.17) is 4.74 Å². The van der Waals surface area contributed by atoms with Crippen molar-refractivity contribution in [1.29, 1.82) is 0 Å². The van der Waals surface area contributed by atoms with Gasteiger partial charge in [-0.15, -0.1) is 0 Å². The largest absolute Gasteiger partial charge is 0.497 e. The van der Waals surface area contributed by atoms with Crippen LogP contribution in [0.4, 0.5) is 0 Å². The van der Waals surface area contributed by atoms with Crippen LogP contribution in [-0.4, -0.2) is 50.8 Å². The van der Waals surface area contributed by atoms with E-state index < -0.39 is 0 Å². The fourth-order valence-corrected chi connectivity index (χ4v) is 4.09. The van der Waals surface area contributed by atoms with Gasteiger partial charge in [0.15, 0.2) is 0 Å². The van der Waals surface area contributed by atoms with Gasteiger partial charge in [-0.25, -0.2) is 4.98 Å². The maximum atomic E-state index is 12.7. The highest BCUT2D eigenvalue weighted by atomic mass is 16.5. The van der Waals surface area contributed by atoms with Crippen LogP contribution in [0.25, 0.3) is 11.1 Å². The van der Waals surface area contributed by atoms with Crippen LogP contribution in [0.1, 0.15) is 37.2 Å². The molecule has 1 aliphatic heterocycles. The number of aromatic amines is 1. The third kappa shape index (κ3) is 4.04. The van der Waals surface area contributed by atoms with Crippen LogP contribution >= 0.6 is 0 Å². The molecule has 152 valence electrons. The summed E-state index contributed by atoms with van der Waals surface area (Å²) in [4.78, 5) is 19.0. The number of aryl methyl sites for hydroxylation is 1. The fraction of sp³-hybridized carbons (Fsp3) is 0.409. The number of benzene rings is 1. The van der Waals surface area contributed by atoms with Gasteiger partial charge >= 0.3 is 0 Å². The number of likely N-dealkylation sites (tertiary alicyclic amines) is 1. The van der Waals surface area contributed by atoms with Crippen LogP contribution in [0, 0.1) is 0 Å². The fourth-order valence-electron chi connectivity index (χ4n) is 4.09. The molecule has 2 aromatic heterocycles. The minimum Gasteiger partial charge on any atom is -0.497 e. The summed E-state index contributed by atoms with van der Waals surface area (Å²) in [5.74, 6) is 2.31. The number of rotatable bonds is 6. The van der Waals surface area contributed by atoms with Gasteiger partial charge in [-0.2, -0.15) is 5.10 Å². The normalized spacial score (nSPS) is 14.9. The summed E-state index contributed by atoms with van der Waals surface area (Å²) < 4.78 is 7.31. The SMILES string of the molecule is CCc1nccn1CC(=O)N1CCC(c2[nH]ncc2-c2cccc(OC)c2)CC1. The lowest BCUT2D eigenvalue weighted by molar-refractivity contribution is -0.132. The van der Waals surface area contributed by atoms with Crippen LogP contribution < -0.4 is 4.74 Å². The lowest BCUT2D eigenvalue weighted by atomic mass is 9.89. The molecule has 1 aromatic carbocycles. The number of imidazole rings is 1. The van der Waals surface area contributed by atoms with Gasteiger partial charge < -0.3 is 14.2 Å². The van der Waals surface area contributed by atoms with E-state index in [9.17, 15) is 4.79 Å². The second-order valence-corrected chi connectivity index (χ2v) is 7.41. The number of nitrogens with zero attached hydrogens (tertiary/aromatic N) is 4. The van der Waals surface area contributed by atoms with Crippen LogP contribution in [0.15, 0.2) is 42.9 Å². The number of H-pyrrole nitrogens is 1. The predicted octanol–water partition coefficient (Wildman–Crippen LogP) is 3.25. The van der Waals surface area contributed by atoms with Gasteiger partial charge in [0.1, 0.15) is 18.1 Å². The first-order valence-corrected chi connectivity index (χ1v) is 10.1. The Balaban J connectivity index is 1.41. The Morgan fingerprint density at radius 2 is 2.14 bits per heavy atom. The highest BCUT2D eigenvalue weighted by Gasteiger charge is 2.27. The maximum Gasteiger partial charge on any atom is 0.242 e. The van der Waals surface area contributed by atoms with Gasteiger partial charge in [0.25, 0.3) is 0 Å². The Kier molecular flexibility index (Phi) is 5.64. The van der Waals surface area contributed by atoms with Crippen molar-refractivity contribution in [2.75, 3.05) is 20.2 Å². The van der Waals surface area contributed by atoms with E-state index in [0.29, 0.717) is 12.5 Å². The van der Waals surface area contributed by atoms with Gasteiger partial charge in [0.2, 0.25) is 5.91 Å². The minimum absolute atomic E-state index is 0.161. The van der Waals surface area contributed by atoms with E-state index in [0.717, 1.165) is 60.7 Å². The molecule has 0 unspecified atom stereocenters. The summed E-state index contributed by atoms with van der Waals surface area (Å²) in [5.41, 5.74) is 3.35. The van der Waals surface area contributed by atoms with Crippen LogP contribution in [0.3, 0.4) is 0 Å². The number of piperidine rings is 1. The standard InChI is InChI=1S/C22H27N5O2/c1-3-20-23-9-12-27(20)15-21(28)26-10-7-16(8-11-26)22-19(14-24-25-22)17-5-4-6-18(13-17)29-2/h4-6,9,12-14,16H,3,7-8,10-11,15H2,1-2H3,(H,24,25). The number of carbonyl (C=O) groups excluding carboxylic acids is 1. The van der Waals surface area contributed by atoms with Crippen molar-refractivity contribution in [1.82, 2.24) is 24.6 Å². The summed E-state index contributed by atoms with van der Waals surface area (Å²) in [7, 11) is 1.68. The first-order valence-electron chi connectivity index (χ1n) is 10.1. The molecule has 1 saturated heterocycles. The number of aromatic nitrogens is 4. The zero-order chi connectivity index (χ0) is 20.2. The number of carbonyl (C=O) groups is 1. The van der Waals surface area contributed by atoms with E-state index in [2.05, 4.69) is 28.2 Å². The molecule has 0 saturated carbocycles. The second-order valence-electron chi connectivity index (χ2n) is 7.41. The number of nitrogens with one attached hydrogen (secondary N) is 1. The average Bonchev–Trinajstić information content (AvgIpc) is 3.43. The van der Waals surface area contributed by atoms with Crippen LogP contribution in [0.5, 0.6) is 5.75 Å². The number of hydrogen-bond acceptors (Lipinski definition) is 4. The molecule has 0 bridgehead atoms. The number of methoxy groups -OCH3 is 1. The Morgan fingerprint density at radius 1 is 1.31 bits per heavy atom. The molecule has 0 spiro atoms. The van der Waals surface area contributed by atoms with Crippen molar-refractivity contribution in [3.63, 3.8) is 0 Å². The molecule has 7 heteroatoms. The molecular formula is C22H27N5O2. The molecule has 1 aliphatic rings. The Bertz CT molecular complexity index is 969. The van der Waals surface area contributed by atoms with Crippen LogP contribution in [-0.2, 0) is 17.8 Å². The third-order valence-electron chi connectivity index (χ3n) is 5.73. The first kappa shape index (κ1) is 19.2. The van der Waals surface area contributed by atoms with Crippen molar-refractivity contribution >= 4 is 5.91 Å². The predicted molar refractivity (Wildman–Crippen MR) is 111 cm³/mol. The summed E-state index contributed by atoms with van der Waals surface area (Å²) >= 11 is 0. The molecule has 0 aliphatic carbocycles. The lowest BCUT2D eigenvalue weighted by Gasteiger charge is -2.32. The molecular weight excluding hydrogens is 366 g/mol. The molecule has 3 aromatic rings. The molecule has 0 radical (unpaired) electrons. The first-order chi connectivity index (χ1) is 14.2. The monoisotopic (exact) mass is 393 g/mol. The van der Waals surface area contributed by atoms with E-state index in [1.165, 1.54) is 0 Å².